The van der Waals surface area contributed by atoms with Gasteiger partial charge in [0.05, 0.1) is 7.11 Å². The summed E-state index contributed by atoms with van der Waals surface area (Å²) in [6.45, 7) is 10.9. The topological polar surface area (TPSA) is 47.9 Å². The van der Waals surface area contributed by atoms with Crippen molar-refractivity contribution in [1.82, 2.24) is 0 Å². The summed E-state index contributed by atoms with van der Waals surface area (Å²) < 4.78 is 15.6. The number of unbranched alkanes of at least 4 members (excludes halogenated alkanes) is 6. The highest BCUT2D eigenvalue weighted by Gasteiger charge is 2.13. The van der Waals surface area contributed by atoms with Crippen molar-refractivity contribution < 1.29 is 19.3 Å². The van der Waals surface area contributed by atoms with Crippen LogP contribution in [0.2, 0.25) is 0 Å². The minimum atomic E-state index is -0.764. The standard InChI is InChI=1S/C21H30O2.C7H16O2.C2H2/c1-4-6-7-8-9-10-11-12-16-20(22)18-15-13-17-21(23-3)19(18)14-5-2;1-4-6-9-7(5-2)8-3;1-2/h5,13,15,17,20,22H,2,4,6-11,14H2,1,3H3;7H,4-6H2,1-3H3;1-2H. The molecule has 1 aromatic rings. The molecule has 4 heteroatoms. The number of hydrogen-bond acceptors (Lipinski definition) is 4. The smallest absolute Gasteiger partial charge is 0.156 e. The summed E-state index contributed by atoms with van der Waals surface area (Å²) in [7, 11) is 3.31. The van der Waals surface area contributed by atoms with E-state index in [9.17, 15) is 5.11 Å². The van der Waals surface area contributed by atoms with E-state index in [0.717, 1.165) is 49.2 Å². The Kier molecular flexibility index (Phi) is 25.3. The molecule has 4 nitrogen and oxygen atoms in total. The van der Waals surface area contributed by atoms with Crippen molar-refractivity contribution in [1.29, 1.82) is 0 Å². The fourth-order valence-electron chi connectivity index (χ4n) is 3.23. The largest absolute Gasteiger partial charge is 0.496 e. The molecule has 192 valence electrons. The number of hydrogen-bond donors (Lipinski definition) is 1. The fraction of sp³-hybridized carbons (Fsp3) is 0.600. The number of methoxy groups -OCH3 is 2. The molecule has 0 saturated carbocycles. The number of allylic oxidation sites excluding steroid dienone is 1. The van der Waals surface area contributed by atoms with E-state index in [2.05, 4.69) is 45.1 Å². The SMILES string of the molecule is C#C.C=CCc1c(OC)cccc1C(O)C#CCCCCCCCC.CCCOC(CC)OC. The van der Waals surface area contributed by atoms with Crippen molar-refractivity contribution in [3.8, 4) is 30.4 Å². The highest BCUT2D eigenvalue weighted by Crippen LogP contribution is 2.27. The first-order chi connectivity index (χ1) is 16.6. The Morgan fingerprint density at radius 1 is 1.03 bits per heavy atom. The molecule has 1 N–H and O–H groups in total. The molecule has 2 unspecified atom stereocenters. The summed E-state index contributed by atoms with van der Waals surface area (Å²) in [5.74, 6) is 6.86. The Morgan fingerprint density at radius 2 is 1.71 bits per heavy atom. The summed E-state index contributed by atoms with van der Waals surface area (Å²) in [6.07, 6.45) is 20.1. The number of benzene rings is 1. The quantitative estimate of drug-likeness (QED) is 0.126. The summed E-state index contributed by atoms with van der Waals surface area (Å²) in [5, 5.41) is 10.4. The lowest BCUT2D eigenvalue weighted by Gasteiger charge is -2.14. The summed E-state index contributed by atoms with van der Waals surface area (Å²) >= 11 is 0. The molecule has 34 heavy (non-hydrogen) atoms. The Bertz CT molecular complexity index is 680. The normalized spacial score (nSPS) is 11.4. The van der Waals surface area contributed by atoms with Crippen LogP contribution in [0.1, 0.15) is 95.8 Å². The van der Waals surface area contributed by atoms with Crippen molar-refractivity contribution in [3.63, 3.8) is 0 Å². The minimum absolute atomic E-state index is 0.00458. The molecule has 0 aromatic heterocycles. The number of terminal acetylenes is 1. The van der Waals surface area contributed by atoms with Crippen molar-refractivity contribution in [2.75, 3.05) is 20.8 Å². The molecule has 0 aliphatic carbocycles. The maximum absolute atomic E-state index is 10.4. The fourth-order valence-corrected chi connectivity index (χ4v) is 3.23. The van der Waals surface area contributed by atoms with E-state index in [-0.39, 0.29) is 6.29 Å². The molecular formula is C30H48O4. The zero-order chi connectivity index (χ0) is 26.0. The lowest BCUT2D eigenvalue weighted by molar-refractivity contribution is -0.124. The van der Waals surface area contributed by atoms with Gasteiger partial charge < -0.3 is 19.3 Å². The average Bonchev–Trinajstić information content (AvgIpc) is 2.88. The molecule has 0 amide bonds. The van der Waals surface area contributed by atoms with Gasteiger partial charge in [-0.05, 0) is 37.3 Å². The number of rotatable bonds is 15. The maximum Gasteiger partial charge on any atom is 0.156 e. The zero-order valence-electron chi connectivity index (χ0n) is 22.3. The van der Waals surface area contributed by atoms with E-state index in [1.807, 2.05) is 31.2 Å². The van der Waals surface area contributed by atoms with Crippen LogP contribution >= 0.6 is 0 Å². The molecular weight excluding hydrogens is 424 g/mol. The van der Waals surface area contributed by atoms with Gasteiger partial charge in [0.15, 0.2) is 6.29 Å². The van der Waals surface area contributed by atoms with Crippen LogP contribution in [0.5, 0.6) is 5.75 Å². The number of aliphatic hydroxyl groups is 1. The van der Waals surface area contributed by atoms with E-state index in [1.54, 1.807) is 14.2 Å². The molecule has 2 atom stereocenters. The summed E-state index contributed by atoms with van der Waals surface area (Å²) in [5.41, 5.74) is 1.78. The Hall–Kier alpha value is -2.24. The Morgan fingerprint density at radius 3 is 2.26 bits per heavy atom. The molecule has 0 heterocycles. The van der Waals surface area contributed by atoms with Crippen LogP contribution in [0.15, 0.2) is 30.9 Å². The predicted molar refractivity (Wildman–Crippen MR) is 145 cm³/mol. The van der Waals surface area contributed by atoms with Gasteiger partial charge in [-0.2, -0.15) is 0 Å². The third-order valence-electron chi connectivity index (χ3n) is 5.03. The Balaban J connectivity index is 0. The maximum atomic E-state index is 10.4. The Labute approximate surface area is 210 Å². The number of aliphatic hydroxyl groups excluding tert-OH is 1. The van der Waals surface area contributed by atoms with Gasteiger partial charge in [-0.3, -0.25) is 0 Å². The van der Waals surface area contributed by atoms with E-state index in [1.165, 1.54) is 32.1 Å². The van der Waals surface area contributed by atoms with Gasteiger partial charge in [-0.1, -0.05) is 77.0 Å². The van der Waals surface area contributed by atoms with Crippen LogP contribution < -0.4 is 4.74 Å². The van der Waals surface area contributed by atoms with Crippen LogP contribution in [0.4, 0.5) is 0 Å². The first kappa shape index (κ1) is 33.9. The average molecular weight is 473 g/mol. The first-order valence-corrected chi connectivity index (χ1v) is 12.5. The molecule has 1 rings (SSSR count). The lowest BCUT2D eigenvalue weighted by atomic mass is 9.98. The molecule has 1 aromatic carbocycles. The second-order valence-corrected chi connectivity index (χ2v) is 7.71. The highest BCUT2D eigenvalue weighted by atomic mass is 16.7. The molecule has 0 radical (unpaired) electrons. The van der Waals surface area contributed by atoms with Gasteiger partial charge in [-0.25, -0.2) is 0 Å². The predicted octanol–water partition coefficient (Wildman–Crippen LogP) is 7.26. The summed E-state index contributed by atoms with van der Waals surface area (Å²) in [6, 6.07) is 5.70. The highest BCUT2D eigenvalue weighted by molar-refractivity contribution is 5.44. The monoisotopic (exact) mass is 472 g/mol. The molecule has 0 saturated heterocycles. The third kappa shape index (κ3) is 16.4. The molecule has 0 aliphatic heterocycles. The van der Waals surface area contributed by atoms with Gasteiger partial charge in [0.1, 0.15) is 11.9 Å². The van der Waals surface area contributed by atoms with Crippen LogP contribution in [0.3, 0.4) is 0 Å². The van der Waals surface area contributed by atoms with E-state index in [4.69, 9.17) is 14.2 Å². The molecule has 0 bridgehead atoms. The second kappa shape index (κ2) is 25.4. The van der Waals surface area contributed by atoms with Crippen molar-refractivity contribution in [2.24, 2.45) is 0 Å². The van der Waals surface area contributed by atoms with Gasteiger partial charge in [0.25, 0.3) is 0 Å². The second-order valence-electron chi connectivity index (χ2n) is 7.71. The van der Waals surface area contributed by atoms with Gasteiger partial charge in [-0.15, -0.1) is 25.3 Å². The van der Waals surface area contributed by atoms with Crippen LogP contribution in [-0.2, 0) is 15.9 Å². The van der Waals surface area contributed by atoms with Gasteiger partial charge in [0.2, 0.25) is 0 Å². The van der Waals surface area contributed by atoms with E-state index >= 15 is 0 Å². The van der Waals surface area contributed by atoms with Crippen molar-refractivity contribution in [2.45, 2.75) is 97.4 Å². The third-order valence-corrected chi connectivity index (χ3v) is 5.03. The summed E-state index contributed by atoms with van der Waals surface area (Å²) in [4.78, 5) is 0. The minimum Gasteiger partial charge on any atom is -0.496 e. The van der Waals surface area contributed by atoms with Crippen LogP contribution in [-0.4, -0.2) is 32.2 Å². The molecule has 0 spiro atoms. The van der Waals surface area contributed by atoms with Crippen molar-refractivity contribution >= 4 is 0 Å². The molecule has 0 fully saturated rings. The number of ether oxygens (including phenoxy) is 3. The van der Waals surface area contributed by atoms with Gasteiger partial charge >= 0.3 is 0 Å². The van der Waals surface area contributed by atoms with Crippen molar-refractivity contribution in [3.05, 3.63) is 42.0 Å². The zero-order valence-corrected chi connectivity index (χ0v) is 22.3. The van der Waals surface area contributed by atoms with Gasteiger partial charge in [0, 0.05) is 25.7 Å². The lowest BCUT2D eigenvalue weighted by Crippen LogP contribution is -2.13. The van der Waals surface area contributed by atoms with Crippen LogP contribution in [0.25, 0.3) is 0 Å². The van der Waals surface area contributed by atoms with E-state index < -0.39 is 6.10 Å². The first-order valence-electron chi connectivity index (χ1n) is 12.5. The van der Waals surface area contributed by atoms with Crippen LogP contribution in [0, 0.1) is 24.7 Å². The van der Waals surface area contributed by atoms with E-state index in [0.29, 0.717) is 6.42 Å². The molecule has 0 aliphatic rings.